The van der Waals surface area contributed by atoms with Crippen molar-refractivity contribution >= 4 is 39.6 Å². The number of amides is 3. The van der Waals surface area contributed by atoms with Crippen molar-refractivity contribution in [3.05, 3.63) is 71.3 Å². The Morgan fingerprint density at radius 1 is 1.09 bits per heavy atom. The van der Waals surface area contributed by atoms with Gasteiger partial charge in [-0.1, -0.05) is 6.07 Å². The van der Waals surface area contributed by atoms with Gasteiger partial charge in [0.1, 0.15) is 12.3 Å². The van der Waals surface area contributed by atoms with Gasteiger partial charge in [0.05, 0.1) is 41.7 Å². The van der Waals surface area contributed by atoms with Crippen molar-refractivity contribution in [2.24, 2.45) is 0 Å². The number of hydrogen-bond donors (Lipinski definition) is 1. The molecule has 4 aromatic rings. The van der Waals surface area contributed by atoms with E-state index < -0.39 is 36.8 Å². The van der Waals surface area contributed by atoms with E-state index in [9.17, 15) is 31.5 Å². The van der Waals surface area contributed by atoms with Crippen LogP contribution in [0.4, 0.5) is 26.7 Å². The zero-order valence-corrected chi connectivity index (χ0v) is 22.6. The minimum atomic E-state index is -4.70. The molecule has 7 rings (SSSR count). The van der Waals surface area contributed by atoms with Crippen molar-refractivity contribution < 1.29 is 36.3 Å². The largest absolute Gasteiger partial charge is 0.416 e. The maximum Gasteiger partial charge on any atom is 0.416 e. The van der Waals surface area contributed by atoms with Crippen LogP contribution in [0.25, 0.3) is 27.7 Å². The average Bonchev–Trinajstić information content (AvgIpc) is 3.57. The summed E-state index contributed by atoms with van der Waals surface area (Å²) < 4.78 is 79.4. The number of fused-ring (bicyclic) bond motifs is 1. The van der Waals surface area contributed by atoms with Crippen molar-refractivity contribution in [3.63, 3.8) is 0 Å². The Bertz CT molecular complexity index is 1820. The molecule has 0 radical (unpaired) electrons. The quantitative estimate of drug-likeness (QED) is 0.349. The van der Waals surface area contributed by atoms with Crippen LogP contribution in [0, 0.1) is 0 Å². The summed E-state index contributed by atoms with van der Waals surface area (Å²) in [5.74, 6) is -3.60. The first-order chi connectivity index (χ1) is 20.5. The third-order valence-corrected chi connectivity index (χ3v) is 8.09. The fourth-order valence-corrected chi connectivity index (χ4v) is 6.17. The standard InChI is InChI=1S/C29H25F5N6O3/c30-28(31)15-39(7-8-43-16-28)27(42)38-6-5-37-14-21(19-10-18(29(32,33)34)9-17(13-38)25(19)37)20-11-36-26(41)24(20)22-12-35-23-3-1-2-4-40(22)23/h1-4,9-10,12,14H,5-8,11,13,15-16H2,(H,36,41). The molecule has 3 aromatic heterocycles. The van der Waals surface area contributed by atoms with E-state index in [2.05, 4.69) is 10.3 Å². The van der Waals surface area contributed by atoms with E-state index in [0.29, 0.717) is 33.6 Å². The summed E-state index contributed by atoms with van der Waals surface area (Å²) in [7, 11) is 0. The Kier molecular flexibility index (Phi) is 6.24. The van der Waals surface area contributed by atoms with E-state index in [4.69, 9.17) is 4.74 Å². The molecule has 1 fully saturated rings. The normalized spacial score (nSPS) is 19.2. The molecule has 1 saturated heterocycles. The molecule has 9 nitrogen and oxygen atoms in total. The van der Waals surface area contributed by atoms with Crippen molar-refractivity contribution in [1.29, 1.82) is 0 Å². The van der Waals surface area contributed by atoms with E-state index in [-0.39, 0.29) is 56.2 Å². The van der Waals surface area contributed by atoms with Crippen molar-refractivity contribution in [1.82, 2.24) is 29.1 Å². The number of nitrogens with one attached hydrogen (secondary N) is 1. The SMILES string of the molecule is O=C1NCC(c2cn3c4c(cc(C(F)(F)F)cc24)CN(C(=O)N2CCOCC(F)(F)C2)CC3)=C1c1cnc2ccccn12. The van der Waals surface area contributed by atoms with Crippen LogP contribution >= 0.6 is 0 Å². The fraction of sp³-hybridized carbons (Fsp3) is 0.345. The van der Waals surface area contributed by atoms with Crippen molar-refractivity contribution in [2.45, 2.75) is 25.2 Å². The monoisotopic (exact) mass is 600 g/mol. The van der Waals surface area contributed by atoms with Gasteiger partial charge in [0.15, 0.2) is 0 Å². The molecule has 0 bridgehead atoms. The second kappa shape index (κ2) is 9.79. The predicted octanol–water partition coefficient (Wildman–Crippen LogP) is 4.25. The summed E-state index contributed by atoms with van der Waals surface area (Å²) in [6.45, 7) is -1.57. The Balaban J connectivity index is 1.35. The number of carbonyl (C=O) groups excluding carboxylic acids is 2. The zero-order valence-electron chi connectivity index (χ0n) is 22.6. The molecule has 3 aliphatic heterocycles. The molecule has 3 aliphatic rings. The predicted molar refractivity (Wildman–Crippen MR) is 145 cm³/mol. The van der Waals surface area contributed by atoms with Crippen LogP contribution in [0.2, 0.25) is 0 Å². The number of alkyl halides is 5. The molecule has 3 amide bonds. The lowest BCUT2D eigenvalue weighted by Crippen LogP contribution is -2.48. The fourth-order valence-electron chi connectivity index (χ4n) is 6.17. The van der Waals surface area contributed by atoms with Crippen LogP contribution in [0.1, 0.15) is 22.4 Å². The molecule has 14 heteroatoms. The number of imidazole rings is 1. The number of rotatable bonds is 2. The second-order valence-electron chi connectivity index (χ2n) is 10.9. The number of aromatic nitrogens is 3. The van der Waals surface area contributed by atoms with E-state index >= 15 is 0 Å². The van der Waals surface area contributed by atoms with Crippen LogP contribution in [-0.4, -0.2) is 81.0 Å². The molecular formula is C29H25F5N6O3. The summed E-state index contributed by atoms with van der Waals surface area (Å²) in [5, 5.41) is 3.09. The number of nitrogens with zero attached hydrogens (tertiary/aromatic N) is 5. The van der Waals surface area contributed by atoms with Crippen LogP contribution in [0.5, 0.6) is 0 Å². The van der Waals surface area contributed by atoms with Gasteiger partial charge < -0.3 is 24.4 Å². The Hall–Kier alpha value is -4.46. The first kappa shape index (κ1) is 27.4. The Morgan fingerprint density at radius 2 is 1.93 bits per heavy atom. The van der Waals surface area contributed by atoms with Crippen LogP contribution in [0.3, 0.4) is 0 Å². The highest BCUT2D eigenvalue weighted by molar-refractivity contribution is 6.31. The van der Waals surface area contributed by atoms with Crippen molar-refractivity contribution in [2.75, 3.05) is 39.4 Å². The third kappa shape index (κ3) is 4.69. The lowest BCUT2D eigenvalue weighted by atomic mass is 9.97. The van der Waals surface area contributed by atoms with Gasteiger partial charge in [-0.15, -0.1) is 0 Å². The molecule has 0 unspecified atom stereocenters. The highest BCUT2D eigenvalue weighted by atomic mass is 19.4. The summed E-state index contributed by atoms with van der Waals surface area (Å²) >= 11 is 0. The maximum atomic E-state index is 14.2. The minimum Gasteiger partial charge on any atom is -0.373 e. The topological polar surface area (TPSA) is 84.1 Å². The second-order valence-corrected chi connectivity index (χ2v) is 10.9. The molecule has 43 heavy (non-hydrogen) atoms. The van der Waals surface area contributed by atoms with Crippen LogP contribution in [-0.2, 0) is 28.8 Å². The maximum absolute atomic E-state index is 14.2. The lowest BCUT2D eigenvalue weighted by Gasteiger charge is -2.30. The zero-order chi connectivity index (χ0) is 30.1. The van der Waals surface area contributed by atoms with E-state index in [1.165, 1.54) is 4.90 Å². The van der Waals surface area contributed by atoms with Gasteiger partial charge in [0, 0.05) is 56.1 Å². The smallest absolute Gasteiger partial charge is 0.373 e. The van der Waals surface area contributed by atoms with Gasteiger partial charge in [0.2, 0.25) is 0 Å². The summed E-state index contributed by atoms with van der Waals surface area (Å²) in [4.78, 5) is 33.1. The highest BCUT2D eigenvalue weighted by Gasteiger charge is 2.39. The van der Waals surface area contributed by atoms with Gasteiger partial charge in [-0.25, -0.2) is 18.6 Å². The number of ether oxygens (including phenoxy) is 1. The summed E-state index contributed by atoms with van der Waals surface area (Å²) in [6.07, 6.45) is 0.325. The first-order valence-electron chi connectivity index (χ1n) is 13.7. The number of carbonyl (C=O) groups is 2. The summed E-state index contributed by atoms with van der Waals surface area (Å²) in [6, 6.07) is 6.76. The molecule has 0 atom stereocenters. The Labute approximate surface area is 241 Å². The minimum absolute atomic E-state index is 0.0549. The first-order valence-corrected chi connectivity index (χ1v) is 13.7. The lowest BCUT2D eigenvalue weighted by molar-refractivity contribution is -0.137. The van der Waals surface area contributed by atoms with Gasteiger partial charge in [-0.05, 0) is 35.4 Å². The molecule has 6 heterocycles. The number of urea groups is 1. The average molecular weight is 601 g/mol. The number of hydrogen-bond acceptors (Lipinski definition) is 4. The molecule has 1 aromatic carbocycles. The Morgan fingerprint density at radius 3 is 2.74 bits per heavy atom. The molecule has 1 N–H and O–H groups in total. The number of pyridine rings is 1. The van der Waals surface area contributed by atoms with E-state index in [0.717, 1.165) is 17.0 Å². The van der Waals surface area contributed by atoms with E-state index in [1.807, 2.05) is 6.07 Å². The molecular weight excluding hydrogens is 575 g/mol. The highest BCUT2D eigenvalue weighted by Crippen LogP contribution is 2.41. The molecule has 0 aliphatic carbocycles. The molecule has 224 valence electrons. The number of benzene rings is 1. The molecule has 0 spiro atoms. The van der Waals surface area contributed by atoms with E-state index in [1.54, 1.807) is 39.7 Å². The summed E-state index contributed by atoms with van der Waals surface area (Å²) in [5.41, 5.74) is 2.25. The van der Waals surface area contributed by atoms with Crippen LogP contribution < -0.4 is 5.32 Å². The van der Waals surface area contributed by atoms with Gasteiger partial charge in [0.25, 0.3) is 11.8 Å². The third-order valence-electron chi connectivity index (χ3n) is 8.09. The molecule has 0 saturated carbocycles. The van der Waals surface area contributed by atoms with Crippen molar-refractivity contribution in [3.8, 4) is 0 Å². The van der Waals surface area contributed by atoms with Gasteiger partial charge >= 0.3 is 12.2 Å². The van der Waals surface area contributed by atoms with Crippen LogP contribution in [0.15, 0.2) is 48.9 Å². The van der Waals surface area contributed by atoms with Gasteiger partial charge in [-0.2, -0.15) is 13.2 Å². The number of halogens is 5. The van der Waals surface area contributed by atoms with Gasteiger partial charge in [-0.3, -0.25) is 9.20 Å².